The van der Waals surface area contributed by atoms with Crippen LogP contribution in [0.15, 0.2) is 42.0 Å². The molecule has 0 spiro atoms. The van der Waals surface area contributed by atoms with E-state index in [1.54, 1.807) is 14.2 Å². The number of rotatable bonds is 4. The molecule has 4 heteroatoms. The van der Waals surface area contributed by atoms with Crippen molar-refractivity contribution in [3.8, 4) is 5.75 Å². The molecule has 9 atom stereocenters. The van der Waals surface area contributed by atoms with Crippen LogP contribution in [-0.4, -0.2) is 26.0 Å². The maximum Gasteiger partial charge on any atom is 0.312 e. The van der Waals surface area contributed by atoms with Crippen LogP contribution in [0.3, 0.4) is 0 Å². The van der Waals surface area contributed by atoms with E-state index in [4.69, 9.17) is 9.47 Å². The summed E-state index contributed by atoms with van der Waals surface area (Å²) in [6, 6.07) is 8.05. The van der Waals surface area contributed by atoms with Gasteiger partial charge in [-0.15, -0.1) is 0 Å². The van der Waals surface area contributed by atoms with Crippen LogP contribution in [0.25, 0.3) is 6.08 Å². The lowest BCUT2D eigenvalue weighted by Crippen LogP contribution is -2.67. The van der Waals surface area contributed by atoms with Crippen molar-refractivity contribution >= 4 is 17.8 Å². The summed E-state index contributed by atoms with van der Waals surface area (Å²) in [7, 11) is 3.29. The third-order valence-electron chi connectivity index (χ3n) is 14.7. The highest BCUT2D eigenvalue weighted by atomic mass is 16.5. The summed E-state index contributed by atoms with van der Waals surface area (Å²) < 4.78 is 11.2. The van der Waals surface area contributed by atoms with Gasteiger partial charge in [-0.3, -0.25) is 9.59 Å². The van der Waals surface area contributed by atoms with E-state index in [2.05, 4.69) is 60.3 Å². The lowest BCUT2D eigenvalue weighted by molar-refractivity contribution is -0.232. The zero-order valence-corrected chi connectivity index (χ0v) is 28.0. The molecule has 0 N–H and O–H groups in total. The number of benzene rings is 1. The Bertz CT molecular complexity index is 1370. The Labute approximate surface area is 260 Å². The number of allylic oxidation sites excluding steroid dienone is 2. The van der Waals surface area contributed by atoms with Gasteiger partial charge in [0.1, 0.15) is 5.75 Å². The van der Waals surface area contributed by atoms with E-state index in [-0.39, 0.29) is 27.6 Å². The molecule has 0 aromatic heterocycles. The Morgan fingerprint density at radius 1 is 0.907 bits per heavy atom. The molecule has 6 rings (SSSR count). The highest BCUT2D eigenvalue weighted by Gasteiger charge is 2.72. The quantitative estimate of drug-likeness (QED) is 0.201. The van der Waals surface area contributed by atoms with E-state index < -0.39 is 5.41 Å². The molecule has 234 valence electrons. The van der Waals surface area contributed by atoms with Gasteiger partial charge in [-0.2, -0.15) is 0 Å². The van der Waals surface area contributed by atoms with E-state index in [0.29, 0.717) is 35.4 Å². The first-order valence-corrected chi connectivity index (χ1v) is 16.8. The molecular formula is C39H54O4. The Kier molecular flexibility index (Phi) is 7.18. The van der Waals surface area contributed by atoms with Crippen LogP contribution in [0, 0.1) is 56.7 Å². The van der Waals surface area contributed by atoms with Crippen LogP contribution in [0.4, 0.5) is 0 Å². The van der Waals surface area contributed by atoms with Crippen molar-refractivity contribution in [3.05, 3.63) is 47.6 Å². The second-order valence-corrected chi connectivity index (χ2v) is 16.5. The molecule has 0 aliphatic heterocycles. The van der Waals surface area contributed by atoms with Gasteiger partial charge in [-0.1, -0.05) is 65.0 Å². The van der Waals surface area contributed by atoms with Gasteiger partial charge >= 0.3 is 5.97 Å². The minimum atomic E-state index is -0.414. The number of hydrogen-bond acceptors (Lipinski definition) is 4. The van der Waals surface area contributed by atoms with Gasteiger partial charge in [0.2, 0.25) is 0 Å². The fraction of sp³-hybridized carbons (Fsp3) is 0.692. The van der Waals surface area contributed by atoms with Gasteiger partial charge in [0.25, 0.3) is 0 Å². The molecule has 0 saturated heterocycles. The summed E-state index contributed by atoms with van der Waals surface area (Å²) in [6.45, 7) is 18.8. The SMILES string of the molecule is C=C(C)[C@@H]1CC[C@]2(C(=O)OC)CC[C@]3(C)[C@H](CC[C@@H]4[C@@]5(C)C/C(=C\c6ccccc6OC)C(=O)C(C)(C)[C@@H]5CC[C@]43C)[C@@H]12. The van der Waals surface area contributed by atoms with Gasteiger partial charge in [0.15, 0.2) is 5.78 Å². The number of carbonyl (C=O) groups is 2. The normalized spacial score (nSPS) is 44.0. The minimum Gasteiger partial charge on any atom is -0.496 e. The first kappa shape index (κ1) is 30.7. The molecule has 0 amide bonds. The molecule has 5 aliphatic rings. The summed E-state index contributed by atoms with van der Waals surface area (Å²) in [4.78, 5) is 27.7. The van der Waals surface area contributed by atoms with Crippen molar-refractivity contribution in [2.75, 3.05) is 14.2 Å². The molecule has 0 bridgehead atoms. The lowest BCUT2D eigenvalue weighted by Gasteiger charge is -2.72. The van der Waals surface area contributed by atoms with Gasteiger partial charge in [-0.05, 0) is 128 Å². The lowest BCUT2D eigenvalue weighted by atomic mass is 9.32. The number of fused-ring (bicyclic) bond motifs is 7. The predicted molar refractivity (Wildman–Crippen MR) is 172 cm³/mol. The molecule has 0 heterocycles. The second-order valence-electron chi connectivity index (χ2n) is 16.5. The molecule has 0 unspecified atom stereocenters. The number of methoxy groups -OCH3 is 2. The van der Waals surface area contributed by atoms with E-state index >= 15 is 0 Å². The molecule has 5 aliphatic carbocycles. The predicted octanol–water partition coefficient (Wildman–Crippen LogP) is 9.09. The first-order valence-electron chi connectivity index (χ1n) is 16.8. The summed E-state index contributed by atoms with van der Waals surface area (Å²) in [6.07, 6.45) is 11.5. The molecule has 5 saturated carbocycles. The highest BCUT2D eigenvalue weighted by Crippen LogP contribution is 2.77. The van der Waals surface area contributed by atoms with Gasteiger partial charge < -0.3 is 9.47 Å². The third-order valence-corrected chi connectivity index (χ3v) is 14.7. The van der Waals surface area contributed by atoms with Crippen LogP contribution in [0.2, 0.25) is 0 Å². The van der Waals surface area contributed by atoms with Crippen molar-refractivity contribution in [3.63, 3.8) is 0 Å². The van der Waals surface area contributed by atoms with Crippen molar-refractivity contribution in [2.45, 2.75) is 99.3 Å². The standard InChI is InChI=1S/C39H54O4/c1-24(2)27-16-19-39(34(41)43-9)21-20-37(6)28(32(27)39)14-15-31-36(5)23-26(22-25-12-10-11-13-29(25)42-8)33(40)35(3,4)30(36)17-18-38(31,37)7/h10-13,22,27-28,30-32H,1,14-21,23H2,2-9H3/b26-22+/t27-,28+,30-,31+,32+,36-,37+,38+,39-/m0/s1. The van der Waals surface area contributed by atoms with Gasteiger partial charge in [-0.25, -0.2) is 0 Å². The number of Topliss-reactive ketones (excluding diaryl/α,β-unsaturated/α-hetero) is 1. The van der Waals surface area contributed by atoms with Crippen molar-refractivity contribution in [1.29, 1.82) is 0 Å². The smallest absolute Gasteiger partial charge is 0.312 e. The van der Waals surface area contributed by atoms with E-state index in [0.717, 1.165) is 74.7 Å². The Morgan fingerprint density at radius 3 is 2.30 bits per heavy atom. The Balaban J connectivity index is 1.42. The number of ether oxygens (including phenoxy) is 2. The van der Waals surface area contributed by atoms with Crippen molar-refractivity contribution in [1.82, 2.24) is 0 Å². The first-order chi connectivity index (χ1) is 20.2. The Morgan fingerprint density at radius 2 is 1.63 bits per heavy atom. The fourth-order valence-corrected chi connectivity index (χ4v) is 12.7. The number of carbonyl (C=O) groups excluding carboxylic acids is 2. The number of para-hydroxylation sites is 1. The third kappa shape index (κ3) is 3.99. The van der Waals surface area contributed by atoms with Crippen LogP contribution >= 0.6 is 0 Å². The highest BCUT2D eigenvalue weighted by molar-refractivity contribution is 6.04. The molecule has 5 fully saturated rings. The van der Waals surface area contributed by atoms with Crippen molar-refractivity contribution in [2.24, 2.45) is 56.7 Å². The maximum atomic E-state index is 14.2. The summed E-state index contributed by atoms with van der Waals surface area (Å²) >= 11 is 0. The molecular weight excluding hydrogens is 532 g/mol. The topological polar surface area (TPSA) is 52.6 Å². The fourth-order valence-electron chi connectivity index (χ4n) is 12.7. The van der Waals surface area contributed by atoms with E-state index in [1.807, 2.05) is 18.2 Å². The monoisotopic (exact) mass is 586 g/mol. The number of esters is 1. The minimum absolute atomic E-state index is 0.0184. The largest absolute Gasteiger partial charge is 0.496 e. The van der Waals surface area contributed by atoms with E-state index in [1.165, 1.54) is 5.57 Å². The molecule has 1 aromatic rings. The molecule has 43 heavy (non-hydrogen) atoms. The van der Waals surface area contributed by atoms with Crippen LogP contribution in [0.5, 0.6) is 5.75 Å². The zero-order chi connectivity index (χ0) is 31.2. The Hall–Kier alpha value is -2.36. The average molecular weight is 587 g/mol. The second kappa shape index (κ2) is 10.1. The van der Waals surface area contributed by atoms with E-state index in [9.17, 15) is 9.59 Å². The zero-order valence-electron chi connectivity index (χ0n) is 28.0. The molecule has 4 nitrogen and oxygen atoms in total. The van der Waals surface area contributed by atoms with Gasteiger partial charge in [0.05, 0.1) is 19.6 Å². The summed E-state index contributed by atoms with van der Waals surface area (Å²) in [5.41, 5.74) is 2.68. The summed E-state index contributed by atoms with van der Waals surface area (Å²) in [5.74, 6) is 3.19. The van der Waals surface area contributed by atoms with Gasteiger partial charge in [0, 0.05) is 11.0 Å². The van der Waals surface area contributed by atoms with Crippen LogP contribution in [-0.2, 0) is 14.3 Å². The molecule has 1 aromatic carbocycles. The molecule has 0 radical (unpaired) electrons. The van der Waals surface area contributed by atoms with Crippen LogP contribution in [0.1, 0.15) is 105 Å². The number of ketones is 1. The van der Waals surface area contributed by atoms with Crippen LogP contribution < -0.4 is 4.74 Å². The van der Waals surface area contributed by atoms with Crippen molar-refractivity contribution < 1.29 is 19.1 Å². The number of hydrogen-bond donors (Lipinski definition) is 0. The average Bonchev–Trinajstić information content (AvgIpc) is 3.37. The maximum absolute atomic E-state index is 14.2. The summed E-state index contributed by atoms with van der Waals surface area (Å²) in [5, 5.41) is 0.